The van der Waals surface area contributed by atoms with Crippen LogP contribution in [-0.4, -0.2) is 40.0 Å². The van der Waals surface area contributed by atoms with Gasteiger partial charge >= 0.3 is 5.97 Å². The van der Waals surface area contributed by atoms with Crippen LogP contribution in [0.2, 0.25) is 0 Å². The first-order valence-corrected chi connectivity index (χ1v) is 5.52. The Morgan fingerprint density at radius 3 is 2.88 bits per heavy atom. The molecule has 17 heavy (non-hydrogen) atoms. The fourth-order valence-electron chi connectivity index (χ4n) is 1.45. The summed E-state index contributed by atoms with van der Waals surface area (Å²) in [4.78, 5) is 12.9. The topological polar surface area (TPSA) is 49.2 Å². The number of likely N-dealkylation sites (N-methyl/N-ethyl adjacent to an activating group) is 1. The lowest BCUT2D eigenvalue weighted by Gasteiger charge is -2.08. The Morgan fingerprint density at radius 2 is 2.12 bits per heavy atom. The van der Waals surface area contributed by atoms with Crippen LogP contribution >= 0.6 is 0 Å². The maximum atomic E-state index is 11.7. The number of benzene rings is 1. The first-order valence-electron chi connectivity index (χ1n) is 5.52. The molecule has 2 rings (SSSR count). The molecule has 0 fully saturated rings. The predicted molar refractivity (Wildman–Crippen MR) is 60.5 cm³/mol. The minimum atomic E-state index is -0.329. The summed E-state index contributed by atoms with van der Waals surface area (Å²) in [6.07, 6.45) is 0. The van der Waals surface area contributed by atoms with Gasteiger partial charge in [-0.3, -0.25) is 0 Å². The van der Waals surface area contributed by atoms with E-state index < -0.39 is 0 Å². The number of carbonyl (C=O) groups is 1. The van der Waals surface area contributed by atoms with Gasteiger partial charge in [-0.2, -0.15) is 0 Å². The van der Waals surface area contributed by atoms with Crippen LogP contribution in [0.25, 0.3) is 0 Å². The van der Waals surface area contributed by atoms with E-state index in [0.29, 0.717) is 23.7 Å². The van der Waals surface area contributed by atoms with Crippen molar-refractivity contribution in [1.82, 2.24) is 0 Å². The van der Waals surface area contributed by atoms with E-state index in [1.807, 2.05) is 14.1 Å². The second-order valence-corrected chi connectivity index (χ2v) is 4.16. The fourth-order valence-corrected chi connectivity index (χ4v) is 1.45. The van der Waals surface area contributed by atoms with Crippen LogP contribution in [0.1, 0.15) is 10.4 Å². The van der Waals surface area contributed by atoms with Crippen molar-refractivity contribution in [3.05, 3.63) is 23.8 Å². The molecule has 1 heterocycles. The Balaban J connectivity index is 1.95. The Kier molecular flexibility index (Phi) is 3.49. The highest BCUT2D eigenvalue weighted by atomic mass is 16.7. The number of rotatable bonds is 4. The number of quaternary nitrogens is 1. The van der Waals surface area contributed by atoms with Gasteiger partial charge < -0.3 is 19.1 Å². The van der Waals surface area contributed by atoms with E-state index in [2.05, 4.69) is 0 Å². The van der Waals surface area contributed by atoms with Crippen molar-refractivity contribution in [2.45, 2.75) is 0 Å². The fraction of sp³-hybridized carbons (Fsp3) is 0.417. The normalized spacial score (nSPS) is 12.9. The summed E-state index contributed by atoms with van der Waals surface area (Å²) >= 11 is 0. The van der Waals surface area contributed by atoms with E-state index in [1.165, 1.54) is 4.90 Å². The lowest BCUT2D eigenvalue weighted by Crippen LogP contribution is -3.06. The molecule has 0 unspecified atom stereocenters. The second-order valence-electron chi connectivity index (χ2n) is 4.16. The van der Waals surface area contributed by atoms with E-state index in [-0.39, 0.29) is 12.8 Å². The van der Waals surface area contributed by atoms with Crippen LogP contribution in [0.4, 0.5) is 0 Å². The molecule has 0 saturated carbocycles. The number of carbonyl (C=O) groups excluding carboxylic acids is 1. The van der Waals surface area contributed by atoms with Crippen LogP contribution in [0.3, 0.4) is 0 Å². The summed E-state index contributed by atoms with van der Waals surface area (Å²) in [5.41, 5.74) is 0.489. The second kappa shape index (κ2) is 5.05. The highest BCUT2D eigenvalue weighted by Crippen LogP contribution is 2.32. The quantitative estimate of drug-likeness (QED) is 0.733. The first-order chi connectivity index (χ1) is 8.16. The average Bonchev–Trinajstić information content (AvgIpc) is 2.75. The van der Waals surface area contributed by atoms with Gasteiger partial charge in [-0.05, 0) is 18.2 Å². The Labute approximate surface area is 99.9 Å². The lowest BCUT2D eigenvalue weighted by atomic mass is 10.2. The molecule has 92 valence electrons. The van der Waals surface area contributed by atoms with Crippen molar-refractivity contribution < 1.29 is 23.9 Å². The van der Waals surface area contributed by atoms with Gasteiger partial charge in [0, 0.05) is 0 Å². The van der Waals surface area contributed by atoms with E-state index in [0.717, 1.165) is 6.54 Å². The number of hydrogen-bond donors (Lipinski definition) is 1. The summed E-state index contributed by atoms with van der Waals surface area (Å²) < 4.78 is 15.5. The zero-order valence-corrected chi connectivity index (χ0v) is 9.99. The van der Waals surface area contributed by atoms with Crippen molar-refractivity contribution in [3.8, 4) is 11.5 Å². The SMILES string of the molecule is C[NH+](C)CCOC(=O)c1ccc2c(c1)OCO2. The number of ether oxygens (including phenoxy) is 3. The van der Waals surface area contributed by atoms with Gasteiger partial charge in [0.05, 0.1) is 19.7 Å². The highest BCUT2D eigenvalue weighted by molar-refractivity contribution is 5.90. The van der Waals surface area contributed by atoms with E-state index in [9.17, 15) is 4.79 Å². The van der Waals surface area contributed by atoms with E-state index >= 15 is 0 Å². The zero-order valence-electron chi connectivity index (χ0n) is 9.99. The molecule has 0 radical (unpaired) electrons. The van der Waals surface area contributed by atoms with Crippen LogP contribution in [0.5, 0.6) is 11.5 Å². The molecule has 5 heteroatoms. The zero-order chi connectivity index (χ0) is 12.3. The molecule has 0 saturated heterocycles. The highest BCUT2D eigenvalue weighted by Gasteiger charge is 2.16. The molecule has 1 aliphatic heterocycles. The van der Waals surface area contributed by atoms with Crippen molar-refractivity contribution in [1.29, 1.82) is 0 Å². The van der Waals surface area contributed by atoms with Crippen molar-refractivity contribution >= 4 is 5.97 Å². The Morgan fingerprint density at radius 1 is 1.35 bits per heavy atom. The first kappa shape index (κ1) is 11.7. The molecule has 0 amide bonds. The minimum Gasteiger partial charge on any atom is -0.456 e. The molecule has 1 aliphatic rings. The third-order valence-corrected chi connectivity index (χ3v) is 2.44. The minimum absolute atomic E-state index is 0.206. The third-order valence-electron chi connectivity index (χ3n) is 2.44. The van der Waals surface area contributed by atoms with E-state index in [4.69, 9.17) is 14.2 Å². The molecule has 0 aliphatic carbocycles. The standard InChI is InChI=1S/C12H15NO4/c1-13(2)5-6-15-12(14)9-3-4-10-11(7-9)17-8-16-10/h3-4,7H,5-6,8H2,1-2H3/p+1. The predicted octanol–water partition coefficient (Wildman–Crippen LogP) is -0.283. The summed E-state index contributed by atoms with van der Waals surface area (Å²) in [6, 6.07) is 5.04. The van der Waals surface area contributed by atoms with Gasteiger partial charge in [0.25, 0.3) is 0 Å². The lowest BCUT2D eigenvalue weighted by molar-refractivity contribution is -0.858. The molecular formula is C12H16NO4+. The Hall–Kier alpha value is -1.75. The average molecular weight is 238 g/mol. The monoisotopic (exact) mass is 238 g/mol. The van der Waals surface area contributed by atoms with Gasteiger partial charge in [-0.25, -0.2) is 4.79 Å². The molecule has 0 aromatic heterocycles. The largest absolute Gasteiger partial charge is 0.456 e. The van der Waals surface area contributed by atoms with E-state index in [1.54, 1.807) is 18.2 Å². The summed E-state index contributed by atoms with van der Waals surface area (Å²) in [5, 5.41) is 0. The molecule has 0 atom stereocenters. The molecule has 1 aromatic carbocycles. The maximum absolute atomic E-state index is 11.7. The number of fused-ring (bicyclic) bond motifs is 1. The van der Waals surface area contributed by atoms with Crippen LogP contribution < -0.4 is 14.4 Å². The summed E-state index contributed by atoms with van der Waals surface area (Å²) in [7, 11) is 4.02. The third kappa shape index (κ3) is 2.88. The number of hydrogen-bond acceptors (Lipinski definition) is 4. The molecule has 0 bridgehead atoms. The van der Waals surface area contributed by atoms with Crippen LogP contribution in [0.15, 0.2) is 18.2 Å². The number of nitrogens with one attached hydrogen (secondary N) is 1. The van der Waals surface area contributed by atoms with Crippen LogP contribution in [-0.2, 0) is 4.74 Å². The molecule has 1 aromatic rings. The van der Waals surface area contributed by atoms with Gasteiger partial charge in [-0.15, -0.1) is 0 Å². The molecule has 5 nitrogen and oxygen atoms in total. The molecular weight excluding hydrogens is 222 g/mol. The summed E-state index contributed by atoms with van der Waals surface area (Å²) in [6.45, 7) is 1.41. The smallest absolute Gasteiger partial charge is 0.338 e. The van der Waals surface area contributed by atoms with Gasteiger partial charge in [0.2, 0.25) is 6.79 Å². The number of esters is 1. The molecule has 0 spiro atoms. The summed E-state index contributed by atoms with van der Waals surface area (Å²) in [5.74, 6) is 0.932. The van der Waals surface area contributed by atoms with Crippen molar-refractivity contribution in [2.75, 3.05) is 34.0 Å². The van der Waals surface area contributed by atoms with Crippen LogP contribution in [0, 0.1) is 0 Å². The van der Waals surface area contributed by atoms with Gasteiger partial charge in [-0.1, -0.05) is 0 Å². The van der Waals surface area contributed by atoms with Crippen molar-refractivity contribution in [3.63, 3.8) is 0 Å². The van der Waals surface area contributed by atoms with Gasteiger partial charge in [0.15, 0.2) is 11.5 Å². The molecule has 1 N–H and O–H groups in total. The van der Waals surface area contributed by atoms with Crippen molar-refractivity contribution in [2.24, 2.45) is 0 Å². The van der Waals surface area contributed by atoms with Gasteiger partial charge in [0.1, 0.15) is 13.2 Å². The Bertz CT molecular complexity index is 417. The maximum Gasteiger partial charge on any atom is 0.338 e.